The summed E-state index contributed by atoms with van der Waals surface area (Å²) in [7, 11) is 0. The molecule has 0 radical (unpaired) electrons. The number of nitrogens with two attached hydrogens (primary N) is 1. The molecule has 0 fully saturated rings. The van der Waals surface area contributed by atoms with Gasteiger partial charge in [0.25, 0.3) is 0 Å². The third-order valence-corrected chi connectivity index (χ3v) is 3.02. The van der Waals surface area contributed by atoms with Crippen LogP contribution in [-0.2, 0) is 12.6 Å². The molecular formula is C13H18F3N. The van der Waals surface area contributed by atoms with Crippen molar-refractivity contribution in [3.63, 3.8) is 0 Å². The molecule has 0 saturated heterocycles. The second-order valence-electron chi connectivity index (χ2n) is 4.64. The second-order valence-corrected chi connectivity index (χ2v) is 4.64. The number of halogens is 3. The van der Waals surface area contributed by atoms with E-state index in [1.54, 1.807) is 0 Å². The maximum absolute atomic E-state index is 12.4. The van der Waals surface area contributed by atoms with Gasteiger partial charge < -0.3 is 5.73 Å². The first-order valence-corrected chi connectivity index (χ1v) is 5.70. The molecule has 0 amide bonds. The molecule has 1 aromatic carbocycles. The fourth-order valence-corrected chi connectivity index (χ4v) is 1.72. The van der Waals surface area contributed by atoms with Gasteiger partial charge in [0.2, 0.25) is 0 Å². The lowest BCUT2D eigenvalue weighted by Gasteiger charge is -2.19. The minimum atomic E-state index is -4.26. The number of hydrogen-bond acceptors (Lipinski definition) is 1. The molecule has 0 bridgehead atoms. The average Bonchev–Trinajstić information content (AvgIpc) is 2.25. The van der Waals surface area contributed by atoms with Gasteiger partial charge in [-0.15, -0.1) is 0 Å². The highest BCUT2D eigenvalue weighted by atomic mass is 19.4. The van der Waals surface area contributed by atoms with Crippen molar-refractivity contribution in [3.05, 3.63) is 35.4 Å². The van der Waals surface area contributed by atoms with Crippen LogP contribution in [0.2, 0.25) is 0 Å². The molecule has 1 rings (SSSR count). The van der Waals surface area contributed by atoms with Crippen molar-refractivity contribution >= 4 is 0 Å². The van der Waals surface area contributed by atoms with Gasteiger partial charge in [-0.2, -0.15) is 13.2 Å². The molecule has 96 valence electrons. The average molecular weight is 245 g/mol. The Morgan fingerprint density at radius 2 is 1.65 bits per heavy atom. The zero-order chi connectivity index (χ0) is 13.1. The smallest absolute Gasteiger partial charge is 0.330 e. The predicted octanol–water partition coefficient (Wildman–Crippen LogP) is 3.48. The van der Waals surface area contributed by atoms with Crippen LogP contribution in [0.25, 0.3) is 0 Å². The molecule has 0 aliphatic rings. The van der Waals surface area contributed by atoms with E-state index in [9.17, 15) is 13.2 Å². The SMILES string of the molecule is CC(C)C(CN)Cc1ccc(C(F)(F)F)cc1. The number of alkyl halides is 3. The van der Waals surface area contributed by atoms with Crippen LogP contribution in [0.15, 0.2) is 24.3 Å². The van der Waals surface area contributed by atoms with Gasteiger partial charge in [-0.1, -0.05) is 26.0 Å². The Bertz CT molecular complexity index is 341. The Balaban J connectivity index is 2.75. The zero-order valence-corrected chi connectivity index (χ0v) is 10.1. The van der Waals surface area contributed by atoms with E-state index in [0.717, 1.165) is 24.1 Å². The summed E-state index contributed by atoms with van der Waals surface area (Å²) in [5.41, 5.74) is 5.94. The van der Waals surface area contributed by atoms with E-state index in [1.165, 1.54) is 12.1 Å². The molecule has 0 spiro atoms. The van der Waals surface area contributed by atoms with Crippen LogP contribution in [0, 0.1) is 11.8 Å². The Labute approximate surface area is 99.8 Å². The third-order valence-electron chi connectivity index (χ3n) is 3.02. The molecule has 1 nitrogen and oxygen atoms in total. The van der Waals surface area contributed by atoms with Crippen molar-refractivity contribution in [2.75, 3.05) is 6.54 Å². The molecule has 0 saturated carbocycles. The fourth-order valence-electron chi connectivity index (χ4n) is 1.72. The highest BCUT2D eigenvalue weighted by Gasteiger charge is 2.29. The van der Waals surface area contributed by atoms with E-state index < -0.39 is 11.7 Å². The number of hydrogen-bond donors (Lipinski definition) is 1. The normalized spacial score (nSPS) is 14.1. The molecule has 1 aromatic rings. The second kappa shape index (κ2) is 5.54. The van der Waals surface area contributed by atoms with E-state index in [-0.39, 0.29) is 0 Å². The highest BCUT2D eigenvalue weighted by Crippen LogP contribution is 2.29. The van der Waals surface area contributed by atoms with Gasteiger partial charge in [-0.3, -0.25) is 0 Å². The molecule has 0 heterocycles. The molecule has 0 aromatic heterocycles. The molecule has 0 aliphatic carbocycles. The van der Waals surface area contributed by atoms with Crippen molar-refractivity contribution in [2.24, 2.45) is 17.6 Å². The van der Waals surface area contributed by atoms with Crippen LogP contribution in [0.3, 0.4) is 0 Å². The Morgan fingerprint density at radius 3 is 2.00 bits per heavy atom. The maximum atomic E-state index is 12.4. The fraction of sp³-hybridized carbons (Fsp3) is 0.538. The lowest BCUT2D eigenvalue weighted by atomic mass is 9.89. The van der Waals surface area contributed by atoms with Crippen molar-refractivity contribution in [1.29, 1.82) is 0 Å². The lowest BCUT2D eigenvalue weighted by molar-refractivity contribution is -0.137. The zero-order valence-electron chi connectivity index (χ0n) is 10.1. The topological polar surface area (TPSA) is 26.0 Å². The highest BCUT2D eigenvalue weighted by molar-refractivity contribution is 5.25. The minimum Gasteiger partial charge on any atom is -0.330 e. The third kappa shape index (κ3) is 4.04. The Hall–Kier alpha value is -1.03. The first-order valence-electron chi connectivity index (χ1n) is 5.70. The number of benzene rings is 1. The van der Waals surface area contributed by atoms with Crippen molar-refractivity contribution in [3.8, 4) is 0 Å². The van der Waals surface area contributed by atoms with E-state index in [2.05, 4.69) is 13.8 Å². The summed E-state index contributed by atoms with van der Waals surface area (Å²) in [5.74, 6) is 0.744. The summed E-state index contributed by atoms with van der Waals surface area (Å²) in [6.07, 6.45) is -3.53. The summed E-state index contributed by atoms with van der Waals surface area (Å²) >= 11 is 0. The van der Waals surface area contributed by atoms with Crippen LogP contribution in [0.1, 0.15) is 25.0 Å². The monoisotopic (exact) mass is 245 g/mol. The van der Waals surface area contributed by atoms with Gasteiger partial charge in [-0.05, 0) is 42.5 Å². The molecule has 1 atom stereocenters. The van der Waals surface area contributed by atoms with Crippen LogP contribution < -0.4 is 5.73 Å². The minimum absolute atomic E-state index is 0.312. The van der Waals surface area contributed by atoms with Gasteiger partial charge in [-0.25, -0.2) is 0 Å². The van der Waals surface area contributed by atoms with Gasteiger partial charge >= 0.3 is 6.18 Å². The van der Waals surface area contributed by atoms with Gasteiger partial charge in [0.15, 0.2) is 0 Å². The van der Waals surface area contributed by atoms with Crippen LogP contribution >= 0.6 is 0 Å². The van der Waals surface area contributed by atoms with Crippen LogP contribution in [0.4, 0.5) is 13.2 Å². The van der Waals surface area contributed by atoms with E-state index in [0.29, 0.717) is 18.4 Å². The van der Waals surface area contributed by atoms with Crippen LogP contribution in [-0.4, -0.2) is 6.54 Å². The summed E-state index contributed by atoms with van der Waals surface area (Å²) in [6, 6.07) is 5.33. The van der Waals surface area contributed by atoms with Crippen molar-refractivity contribution < 1.29 is 13.2 Å². The van der Waals surface area contributed by atoms with Crippen molar-refractivity contribution in [2.45, 2.75) is 26.4 Å². The maximum Gasteiger partial charge on any atom is 0.416 e. The number of rotatable bonds is 4. The first-order chi connectivity index (χ1) is 7.84. The Morgan fingerprint density at radius 1 is 1.12 bits per heavy atom. The molecule has 2 N–H and O–H groups in total. The molecule has 0 aliphatic heterocycles. The predicted molar refractivity (Wildman–Crippen MR) is 62.5 cm³/mol. The van der Waals surface area contributed by atoms with E-state index in [4.69, 9.17) is 5.73 Å². The molecule has 17 heavy (non-hydrogen) atoms. The summed E-state index contributed by atoms with van der Waals surface area (Å²) in [6.45, 7) is 4.70. The van der Waals surface area contributed by atoms with Crippen molar-refractivity contribution in [1.82, 2.24) is 0 Å². The standard InChI is InChI=1S/C13H18F3N/c1-9(2)11(8-17)7-10-3-5-12(6-4-10)13(14,15)16/h3-6,9,11H,7-8,17H2,1-2H3. The molecule has 4 heteroatoms. The van der Waals surface area contributed by atoms with Gasteiger partial charge in [0.1, 0.15) is 0 Å². The van der Waals surface area contributed by atoms with E-state index in [1.807, 2.05) is 0 Å². The van der Waals surface area contributed by atoms with Crippen LogP contribution in [0.5, 0.6) is 0 Å². The summed E-state index contributed by atoms with van der Waals surface area (Å²) < 4.78 is 37.1. The largest absolute Gasteiger partial charge is 0.416 e. The van der Waals surface area contributed by atoms with E-state index >= 15 is 0 Å². The lowest BCUT2D eigenvalue weighted by Crippen LogP contribution is -2.22. The van der Waals surface area contributed by atoms with Gasteiger partial charge in [0, 0.05) is 0 Å². The molecule has 1 unspecified atom stereocenters. The Kier molecular flexibility index (Phi) is 4.57. The molecular weight excluding hydrogens is 227 g/mol. The quantitative estimate of drug-likeness (QED) is 0.863. The summed E-state index contributed by atoms with van der Waals surface area (Å²) in [5, 5.41) is 0. The van der Waals surface area contributed by atoms with Gasteiger partial charge in [0.05, 0.1) is 5.56 Å². The first kappa shape index (κ1) is 14.0. The summed E-state index contributed by atoms with van der Waals surface area (Å²) in [4.78, 5) is 0.